The standard InChI is InChI=1S/C9H12N4OS/c14-9(8-5-15-6-11-8)10-4-7-2-1-3-12-13-7/h1-3,8,11H,4-6H2,(H,10,14). The van der Waals surface area contributed by atoms with Crippen LogP contribution >= 0.6 is 11.8 Å². The van der Waals surface area contributed by atoms with Gasteiger partial charge in [0.2, 0.25) is 5.91 Å². The molecule has 0 aromatic carbocycles. The molecule has 5 nitrogen and oxygen atoms in total. The van der Waals surface area contributed by atoms with Crippen molar-refractivity contribution >= 4 is 17.7 Å². The highest BCUT2D eigenvalue weighted by atomic mass is 32.2. The third kappa shape index (κ3) is 2.90. The quantitative estimate of drug-likeness (QED) is 0.741. The van der Waals surface area contributed by atoms with Gasteiger partial charge in [-0.15, -0.1) is 11.8 Å². The van der Waals surface area contributed by atoms with Crippen molar-refractivity contribution in [2.75, 3.05) is 11.6 Å². The number of aromatic nitrogens is 2. The van der Waals surface area contributed by atoms with Gasteiger partial charge in [-0.1, -0.05) is 0 Å². The lowest BCUT2D eigenvalue weighted by atomic mass is 10.3. The SMILES string of the molecule is O=C(NCc1cccnn1)C1CSCN1. The second-order valence-corrected chi connectivity index (χ2v) is 4.23. The van der Waals surface area contributed by atoms with Crippen LogP contribution in [-0.2, 0) is 11.3 Å². The number of hydrogen-bond donors (Lipinski definition) is 2. The summed E-state index contributed by atoms with van der Waals surface area (Å²) in [5.74, 6) is 1.72. The summed E-state index contributed by atoms with van der Waals surface area (Å²) in [6.07, 6.45) is 1.61. The average molecular weight is 224 g/mol. The van der Waals surface area contributed by atoms with Crippen molar-refractivity contribution in [2.24, 2.45) is 0 Å². The van der Waals surface area contributed by atoms with Crippen LogP contribution in [0.25, 0.3) is 0 Å². The number of carbonyl (C=O) groups is 1. The lowest BCUT2D eigenvalue weighted by molar-refractivity contribution is -0.122. The zero-order valence-electron chi connectivity index (χ0n) is 8.14. The molecule has 15 heavy (non-hydrogen) atoms. The molecule has 0 aliphatic carbocycles. The first-order valence-corrected chi connectivity index (χ1v) is 5.87. The molecule has 80 valence electrons. The van der Waals surface area contributed by atoms with Crippen molar-refractivity contribution in [3.8, 4) is 0 Å². The van der Waals surface area contributed by atoms with E-state index in [1.54, 1.807) is 24.0 Å². The maximum atomic E-state index is 11.6. The zero-order chi connectivity index (χ0) is 10.5. The van der Waals surface area contributed by atoms with Gasteiger partial charge in [0.1, 0.15) is 0 Å². The fourth-order valence-electron chi connectivity index (χ4n) is 1.29. The van der Waals surface area contributed by atoms with E-state index in [2.05, 4.69) is 20.8 Å². The van der Waals surface area contributed by atoms with Gasteiger partial charge < -0.3 is 5.32 Å². The van der Waals surface area contributed by atoms with Gasteiger partial charge in [0.15, 0.2) is 0 Å². The minimum Gasteiger partial charge on any atom is -0.349 e. The van der Waals surface area contributed by atoms with Crippen LogP contribution in [0.15, 0.2) is 18.3 Å². The molecular formula is C9H12N4OS. The summed E-state index contributed by atoms with van der Waals surface area (Å²) >= 11 is 1.73. The summed E-state index contributed by atoms with van der Waals surface area (Å²) in [6.45, 7) is 0.440. The summed E-state index contributed by atoms with van der Waals surface area (Å²) in [4.78, 5) is 11.6. The highest BCUT2D eigenvalue weighted by Gasteiger charge is 2.21. The lowest BCUT2D eigenvalue weighted by Gasteiger charge is -2.09. The van der Waals surface area contributed by atoms with Gasteiger partial charge in [-0.2, -0.15) is 10.2 Å². The second-order valence-electron chi connectivity index (χ2n) is 3.20. The van der Waals surface area contributed by atoms with Crippen molar-refractivity contribution in [3.63, 3.8) is 0 Å². The number of rotatable bonds is 3. The van der Waals surface area contributed by atoms with Gasteiger partial charge in [-0.05, 0) is 12.1 Å². The summed E-state index contributed by atoms with van der Waals surface area (Å²) in [5, 5.41) is 13.6. The number of nitrogens with zero attached hydrogens (tertiary/aromatic N) is 2. The Kier molecular flexibility index (Phi) is 3.52. The number of hydrogen-bond acceptors (Lipinski definition) is 5. The molecule has 6 heteroatoms. The van der Waals surface area contributed by atoms with E-state index in [0.29, 0.717) is 6.54 Å². The third-order valence-corrected chi connectivity index (χ3v) is 3.04. The second kappa shape index (κ2) is 5.09. The molecule has 1 saturated heterocycles. The molecule has 1 aliphatic heterocycles. The predicted octanol–water partition coefficient (Wildman–Crippen LogP) is -0.245. The van der Waals surface area contributed by atoms with Crippen molar-refractivity contribution in [2.45, 2.75) is 12.6 Å². The molecule has 1 aromatic rings. The Bertz CT molecular complexity index is 326. The van der Waals surface area contributed by atoms with Gasteiger partial charge in [-0.25, -0.2) is 0 Å². The van der Waals surface area contributed by atoms with E-state index in [1.807, 2.05) is 6.07 Å². The molecule has 1 aliphatic rings. The maximum Gasteiger partial charge on any atom is 0.238 e. The van der Waals surface area contributed by atoms with Gasteiger partial charge in [0.25, 0.3) is 0 Å². The first-order chi connectivity index (χ1) is 7.36. The molecule has 1 amide bonds. The minimum absolute atomic E-state index is 0.0330. The van der Waals surface area contributed by atoms with Crippen LogP contribution in [0.1, 0.15) is 5.69 Å². The molecule has 1 atom stereocenters. The van der Waals surface area contributed by atoms with Crippen molar-refractivity contribution in [1.82, 2.24) is 20.8 Å². The smallest absolute Gasteiger partial charge is 0.238 e. The highest BCUT2D eigenvalue weighted by molar-refractivity contribution is 7.99. The van der Waals surface area contributed by atoms with Crippen LogP contribution < -0.4 is 10.6 Å². The minimum atomic E-state index is -0.0633. The molecule has 1 fully saturated rings. The Balaban J connectivity index is 1.80. The van der Waals surface area contributed by atoms with E-state index in [1.165, 1.54) is 0 Å². The largest absolute Gasteiger partial charge is 0.349 e. The zero-order valence-corrected chi connectivity index (χ0v) is 8.96. The summed E-state index contributed by atoms with van der Waals surface area (Å²) in [5.41, 5.74) is 0.775. The molecule has 0 radical (unpaired) electrons. The Morgan fingerprint density at radius 3 is 3.33 bits per heavy atom. The van der Waals surface area contributed by atoms with Gasteiger partial charge >= 0.3 is 0 Å². The molecule has 2 rings (SSSR count). The van der Waals surface area contributed by atoms with Gasteiger partial charge in [0.05, 0.1) is 18.3 Å². The number of carbonyl (C=O) groups excluding carboxylic acids is 1. The number of amides is 1. The Morgan fingerprint density at radius 2 is 2.67 bits per heavy atom. The Hall–Kier alpha value is -1.14. The van der Waals surface area contributed by atoms with E-state index in [0.717, 1.165) is 17.3 Å². The van der Waals surface area contributed by atoms with Crippen LogP contribution in [0.5, 0.6) is 0 Å². The molecule has 0 bridgehead atoms. The van der Waals surface area contributed by atoms with E-state index >= 15 is 0 Å². The summed E-state index contributed by atoms with van der Waals surface area (Å²) in [7, 11) is 0. The first-order valence-electron chi connectivity index (χ1n) is 4.71. The molecular weight excluding hydrogens is 212 g/mol. The Morgan fingerprint density at radius 1 is 1.73 bits per heavy atom. The van der Waals surface area contributed by atoms with Crippen LogP contribution in [0.2, 0.25) is 0 Å². The fourth-order valence-corrected chi connectivity index (χ4v) is 2.23. The van der Waals surface area contributed by atoms with Crippen molar-refractivity contribution in [3.05, 3.63) is 24.0 Å². The van der Waals surface area contributed by atoms with Crippen LogP contribution in [0.3, 0.4) is 0 Å². The summed E-state index contributed by atoms with van der Waals surface area (Å²) < 4.78 is 0. The third-order valence-electron chi connectivity index (χ3n) is 2.10. The highest BCUT2D eigenvalue weighted by Crippen LogP contribution is 2.09. The molecule has 1 unspecified atom stereocenters. The summed E-state index contributed by atoms with van der Waals surface area (Å²) in [6, 6.07) is 3.58. The van der Waals surface area contributed by atoms with Crippen LogP contribution in [0, 0.1) is 0 Å². The normalized spacial score (nSPS) is 20.1. The predicted molar refractivity (Wildman–Crippen MR) is 58.1 cm³/mol. The van der Waals surface area contributed by atoms with Crippen molar-refractivity contribution < 1.29 is 4.79 Å². The molecule has 2 N–H and O–H groups in total. The topological polar surface area (TPSA) is 66.9 Å². The average Bonchev–Trinajstić information content (AvgIpc) is 2.81. The van der Waals surface area contributed by atoms with E-state index in [9.17, 15) is 4.79 Å². The fraction of sp³-hybridized carbons (Fsp3) is 0.444. The number of nitrogens with one attached hydrogen (secondary N) is 2. The monoisotopic (exact) mass is 224 g/mol. The molecule has 1 aromatic heterocycles. The number of thioether (sulfide) groups is 1. The van der Waals surface area contributed by atoms with Crippen molar-refractivity contribution in [1.29, 1.82) is 0 Å². The van der Waals surface area contributed by atoms with Crippen LogP contribution in [0.4, 0.5) is 0 Å². The lowest BCUT2D eigenvalue weighted by Crippen LogP contribution is -2.41. The molecule has 0 saturated carbocycles. The van der Waals surface area contributed by atoms with Gasteiger partial charge in [0, 0.05) is 17.8 Å². The maximum absolute atomic E-state index is 11.6. The van der Waals surface area contributed by atoms with E-state index in [-0.39, 0.29) is 11.9 Å². The van der Waals surface area contributed by atoms with Gasteiger partial charge in [-0.3, -0.25) is 10.1 Å². The first kappa shape index (κ1) is 10.4. The van der Waals surface area contributed by atoms with E-state index < -0.39 is 0 Å². The van der Waals surface area contributed by atoms with E-state index in [4.69, 9.17) is 0 Å². The molecule has 2 heterocycles. The van der Waals surface area contributed by atoms with Crippen LogP contribution in [-0.4, -0.2) is 33.8 Å². The Labute approximate surface area is 92.0 Å². The molecule has 0 spiro atoms.